The summed E-state index contributed by atoms with van der Waals surface area (Å²) in [5.74, 6) is 0.506. The smallest absolute Gasteiger partial charge is 0.241 e. The maximum atomic E-state index is 12.2. The molecule has 1 aliphatic rings. The van der Waals surface area contributed by atoms with Crippen LogP contribution in [-0.4, -0.2) is 23.9 Å². The molecule has 1 N–H and O–H groups in total. The number of hydrogen-bond donors (Lipinski definition) is 1. The molecule has 0 aliphatic carbocycles. The quantitative estimate of drug-likeness (QED) is 0.869. The van der Waals surface area contributed by atoms with E-state index in [0.29, 0.717) is 5.92 Å². The van der Waals surface area contributed by atoms with Gasteiger partial charge in [0.25, 0.3) is 0 Å². The van der Waals surface area contributed by atoms with Crippen molar-refractivity contribution in [3.05, 3.63) is 34.9 Å². The minimum Gasteiger partial charge on any atom is -0.325 e. The van der Waals surface area contributed by atoms with Crippen LogP contribution in [0.4, 0.5) is 0 Å². The molecule has 0 radical (unpaired) electrons. The highest BCUT2D eigenvalue weighted by Gasteiger charge is 2.39. The highest BCUT2D eigenvalue weighted by atomic mass is 16.2. The van der Waals surface area contributed by atoms with Gasteiger partial charge in [0.05, 0.1) is 6.04 Å². The maximum absolute atomic E-state index is 12.2. The number of carbonyl (C=O) groups is 1. The minimum atomic E-state index is -0.0695. The summed E-state index contributed by atoms with van der Waals surface area (Å²) < 4.78 is 0. The predicted molar refractivity (Wildman–Crippen MR) is 73.2 cm³/mol. The van der Waals surface area contributed by atoms with Crippen molar-refractivity contribution < 1.29 is 4.79 Å². The molecule has 1 amide bonds. The van der Waals surface area contributed by atoms with Crippen LogP contribution in [0.1, 0.15) is 36.7 Å². The fraction of sp³-hybridized carbons (Fsp3) is 0.533. The lowest BCUT2D eigenvalue weighted by Crippen LogP contribution is -2.34. The molecular formula is C15H22N2O. The van der Waals surface area contributed by atoms with E-state index in [0.717, 1.165) is 0 Å². The normalized spacial score (nSPS) is 24.1. The van der Waals surface area contributed by atoms with Crippen LogP contribution in [0.3, 0.4) is 0 Å². The van der Waals surface area contributed by atoms with Gasteiger partial charge >= 0.3 is 0 Å². The Bertz CT molecular complexity index is 468. The third-order valence-electron chi connectivity index (χ3n) is 3.73. The van der Waals surface area contributed by atoms with Gasteiger partial charge in [-0.1, -0.05) is 37.6 Å². The molecule has 2 atom stereocenters. The first-order valence-corrected chi connectivity index (χ1v) is 6.51. The number of aryl methyl sites for hydroxylation is 2. The largest absolute Gasteiger partial charge is 0.325 e. The topological polar surface area (TPSA) is 32.3 Å². The van der Waals surface area contributed by atoms with E-state index >= 15 is 0 Å². The van der Waals surface area contributed by atoms with Crippen molar-refractivity contribution in [1.82, 2.24) is 10.2 Å². The fourth-order valence-corrected chi connectivity index (χ4v) is 2.53. The van der Waals surface area contributed by atoms with E-state index in [1.54, 1.807) is 0 Å². The maximum Gasteiger partial charge on any atom is 0.241 e. The van der Waals surface area contributed by atoms with Crippen LogP contribution in [0.25, 0.3) is 0 Å². The van der Waals surface area contributed by atoms with Gasteiger partial charge in [0.2, 0.25) is 5.91 Å². The Kier molecular flexibility index (Phi) is 3.44. The summed E-state index contributed by atoms with van der Waals surface area (Å²) in [5.41, 5.74) is 3.66. The van der Waals surface area contributed by atoms with Crippen LogP contribution in [-0.2, 0) is 4.79 Å². The summed E-state index contributed by atoms with van der Waals surface area (Å²) in [7, 11) is 1.88. The number of rotatable bonds is 2. The Hall–Kier alpha value is -1.35. The van der Waals surface area contributed by atoms with Gasteiger partial charge in [0, 0.05) is 7.05 Å². The lowest BCUT2D eigenvalue weighted by Gasteiger charge is -2.22. The summed E-state index contributed by atoms with van der Waals surface area (Å²) >= 11 is 0. The number of hydrogen-bond acceptors (Lipinski definition) is 2. The monoisotopic (exact) mass is 246 g/mol. The molecule has 0 aromatic heterocycles. The van der Waals surface area contributed by atoms with Crippen LogP contribution in [0.15, 0.2) is 18.2 Å². The molecule has 1 saturated heterocycles. The highest BCUT2D eigenvalue weighted by molar-refractivity contribution is 5.84. The van der Waals surface area contributed by atoms with Crippen molar-refractivity contribution in [2.75, 3.05) is 7.05 Å². The number of likely N-dealkylation sites (N-methyl/N-ethyl adjacent to an activating group) is 1. The molecule has 0 saturated carbocycles. The Morgan fingerprint density at radius 1 is 1.28 bits per heavy atom. The number of carbonyl (C=O) groups excluding carboxylic acids is 1. The molecule has 3 nitrogen and oxygen atoms in total. The molecule has 0 spiro atoms. The Labute approximate surface area is 109 Å². The zero-order valence-corrected chi connectivity index (χ0v) is 11.8. The zero-order chi connectivity index (χ0) is 13.4. The molecule has 2 rings (SSSR count). The van der Waals surface area contributed by atoms with Crippen molar-refractivity contribution in [2.24, 2.45) is 5.92 Å². The number of nitrogens with zero attached hydrogens (tertiary/aromatic N) is 1. The van der Waals surface area contributed by atoms with E-state index in [1.165, 1.54) is 16.7 Å². The van der Waals surface area contributed by atoms with E-state index in [4.69, 9.17) is 0 Å². The van der Waals surface area contributed by atoms with Gasteiger partial charge in [-0.25, -0.2) is 0 Å². The molecule has 1 fully saturated rings. The number of nitrogens with one attached hydrogen (secondary N) is 1. The summed E-state index contributed by atoms with van der Waals surface area (Å²) in [6.45, 7) is 8.33. The van der Waals surface area contributed by atoms with E-state index in [1.807, 2.05) is 11.9 Å². The predicted octanol–water partition coefficient (Wildman–Crippen LogP) is 2.39. The summed E-state index contributed by atoms with van der Waals surface area (Å²) in [4.78, 5) is 14.0. The third-order valence-corrected chi connectivity index (χ3v) is 3.73. The average Bonchev–Trinajstić information content (AvgIpc) is 2.60. The Balaban J connectivity index is 2.35. The van der Waals surface area contributed by atoms with Crippen LogP contribution < -0.4 is 5.32 Å². The first kappa shape index (κ1) is 13.1. The first-order chi connectivity index (χ1) is 8.41. The molecule has 1 aromatic rings. The molecular weight excluding hydrogens is 224 g/mol. The van der Waals surface area contributed by atoms with Crippen LogP contribution in [0.2, 0.25) is 0 Å². The molecule has 0 bridgehead atoms. The van der Waals surface area contributed by atoms with Gasteiger partial charge in [-0.3, -0.25) is 10.1 Å². The molecule has 18 heavy (non-hydrogen) atoms. The van der Waals surface area contributed by atoms with Gasteiger partial charge in [-0.2, -0.15) is 0 Å². The van der Waals surface area contributed by atoms with Gasteiger partial charge in [0.15, 0.2) is 0 Å². The van der Waals surface area contributed by atoms with Gasteiger partial charge in [-0.15, -0.1) is 0 Å². The van der Waals surface area contributed by atoms with Crippen molar-refractivity contribution >= 4 is 5.91 Å². The van der Waals surface area contributed by atoms with Gasteiger partial charge < -0.3 is 4.90 Å². The van der Waals surface area contributed by atoms with Gasteiger partial charge in [-0.05, 0) is 30.9 Å². The number of amides is 1. The standard InChI is InChI=1S/C15H22N2O/c1-9(2)13-15(18)17(5)14(16-13)12-8-10(3)6-7-11(12)4/h6-9,13-14,16H,1-5H3. The van der Waals surface area contributed by atoms with E-state index in [-0.39, 0.29) is 18.1 Å². The molecule has 1 aliphatic heterocycles. The van der Waals surface area contributed by atoms with Crippen LogP contribution in [0.5, 0.6) is 0 Å². The summed E-state index contributed by atoms with van der Waals surface area (Å²) in [5, 5.41) is 3.45. The van der Waals surface area contributed by atoms with E-state index in [9.17, 15) is 4.79 Å². The molecule has 2 unspecified atom stereocenters. The second-order valence-corrected chi connectivity index (χ2v) is 5.60. The van der Waals surface area contributed by atoms with E-state index < -0.39 is 0 Å². The molecule has 1 heterocycles. The first-order valence-electron chi connectivity index (χ1n) is 6.51. The lowest BCUT2D eigenvalue weighted by molar-refractivity contribution is -0.129. The van der Waals surface area contributed by atoms with Crippen LogP contribution >= 0.6 is 0 Å². The molecule has 3 heteroatoms. The third kappa shape index (κ3) is 2.15. The second-order valence-electron chi connectivity index (χ2n) is 5.60. The SMILES string of the molecule is Cc1ccc(C)c(C2NC(C(C)C)C(=O)N2C)c1. The fourth-order valence-electron chi connectivity index (χ4n) is 2.53. The number of benzene rings is 1. The Morgan fingerprint density at radius 2 is 1.94 bits per heavy atom. The highest BCUT2D eigenvalue weighted by Crippen LogP contribution is 2.29. The Morgan fingerprint density at radius 3 is 2.50 bits per heavy atom. The van der Waals surface area contributed by atoms with Crippen molar-refractivity contribution in [3.8, 4) is 0 Å². The summed E-state index contributed by atoms with van der Waals surface area (Å²) in [6, 6.07) is 6.32. The lowest BCUT2D eigenvalue weighted by atomic mass is 10.0. The molecule has 1 aromatic carbocycles. The van der Waals surface area contributed by atoms with Crippen LogP contribution in [0, 0.1) is 19.8 Å². The van der Waals surface area contributed by atoms with Crippen molar-refractivity contribution in [1.29, 1.82) is 0 Å². The average molecular weight is 246 g/mol. The van der Waals surface area contributed by atoms with Crippen molar-refractivity contribution in [2.45, 2.75) is 39.9 Å². The van der Waals surface area contributed by atoms with Gasteiger partial charge in [0.1, 0.15) is 6.17 Å². The van der Waals surface area contributed by atoms with E-state index in [2.05, 4.69) is 51.2 Å². The van der Waals surface area contributed by atoms with Crippen molar-refractivity contribution in [3.63, 3.8) is 0 Å². The zero-order valence-electron chi connectivity index (χ0n) is 11.8. The summed E-state index contributed by atoms with van der Waals surface area (Å²) in [6.07, 6.45) is 0.00444. The molecule has 98 valence electrons. The second kappa shape index (κ2) is 4.73. The minimum absolute atomic E-state index is 0.00444.